The molecule has 1 aliphatic rings. The number of fused-ring (bicyclic) bond motifs is 1. The molecular formula is C25H21ClFN3O5. The van der Waals surface area contributed by atoms with Crippen molar-refractivity contribution in [3.63, 3.8) is 0 Å². The summed E-state index contributed by atoms with van der Waals surface area (Å²) in [5.74, 6) is -2.84. The molecule has 1 N–H and O–H groups in total. The normalized spacial score (nSPS) is 15.4. The van der Waals surface area contributed by atoms with Crippen molar-refractivity contribution >= 4 is 51.7 Å². The molecular weight excluding hydrogens is 477 g/mol. The van der Waals surface area contributed by atoms with E-state index in [2.05, 4.69) is 5.43 Å². The standard InChI is InChI=1S/C25H21ClFN3O5/c1-2-23(32)30(21-13-24(33)29(25(21)34)17-8-10-20(27)19(26)12-17)28-22(31)14-35-18-9-7-15-5-3-4-6-16(15)11-18/h3-12,21H,2,13-14H2,1H3,(H,28,31). The summed E-state index contributed by atoms with van der Waals surface area (Å²) in [6, 6.07) is 15.2. The molecule has 1 unspecified atom stereocenters. The van der Waals surface area contributed by atoms with E-state index in [1.807, 2.05) is 30.3 Å². The van der Waals surface area contributed by atoms with Crippen molar-refractivity contribution in [3.05, 3.63) is 71.5 Å². The Labute approximate surface area is 205 Å². The van der Waals surface area contributed by atoms with Gasteiger partial charge in [0.25, 0.3) is 11.8 Å². The van der Waals surface area contributed by atoms with Gasteiger partial charge in [0.1, 0.15) is 17.6 Å². The summed E-state index contributed by atoms with van der Waals surface area (Å²) in [6.45, 7) is 1.14. The molecule has 0 saturated carbocycles. The molecule has 180 valence electrons. The summed E-state index contributed by atoms with van der Waals surface area (Å²) in [5, 5.41) is 2.55. The van der Waals surface area contributed by atoms with E-state index in [1.165, 1.54) is 6.07 Å². The largest absolute Gasteiger partial charge is 0.484 e. The number of halogens is 2. The first kappa shape index (κ1) is 24.2. The van der Waals surface area contributed by atoms with Gasteiger partial charge in [0.2, 0.25) is 11.8 Å². The molecule has 0 bridgehead atoms. The first-order valence-electron chi connectivity index (χ1n) is 10.8. The average molecular weight is 498 g/mol. The van der Waals surface area contributed by atoms with Crippen LogP contribution in [-0.4, -0.2) is 41.3 Å². The second-order valence-electron chi connectivity index (χ2n) is 7.84. The number of hydrogen-bond acceptors (Lipinski definition) is 5. The molecule has 1 fully saturated rings. The molecule has 1 saturated heterocycles. The third-order valence-corrected chi connectivity index (χ3v) is 5.79. The summed E-state index contributed by atoms with van der Waals surface area (Å²) in [6.07, 6.45) is -0.377. The molecule has 1 atom stereocenters. The highest BCUT2D eigenvalue weighted by Gasteiger charge is 2.45. The minimum atomic E-state index is -1.26. The van der Waals surface area contributed by atoms with E-state index in [9.17, 15) is 23.6 Å². The number of imide groups is 1. The molecule has 0 spiro atoms. The molecule has 0 aliphatic carbocycles. The number of nitrogens with zero attached hydrogens (tertiary/aromatic N) is 2. The van der Waals surface area contributed by atoms with Crippen LogP contribution < -0.4 is 15.1 Å². The minimum Gasteiger partial charge on any atom is -0.484 e. The van der Waals surface area contributed by atoms with Gasteiger partial charge in [-0.15, -0.1) is 0 Å². The van der Waals surface area contributed by atoms with Crippen molar-refractivity contribution in [1.29, 1.82) is 0 Å². The molecule has 1 heterocycles. The molecule has 35 heavy (non-hydrogen) atoms. The Balaban J connectivity index is 1.46. The molecule has 8 nitrogen and oxygen atoms in total. The Hall–Kier alpha value is -3.98. The number of rotatable bonds is 6. The number of nitrogens with one attached hydrogen (secondary N) is 1. The molecule has 4 amide bonds. The van der Waals surface area contributed by atoms with Crippen LogP contribution in [0.25, 0.3) is 10.8 Å². The lowest BCUT2D eigenvalue weighted by atomic mass is 10.1. The fourth-order valence-corrected chi connectivity index (χ4v) is 3.94. The third kappa shape index (κ3) is 5.09. The number of anilines is 1. The monoisotopic (exact) mass is 497 g/mol. The lowest BCUT2D eigenvalue weighted by molar-refractivity contribution is -0.148. The van der Waals surface area contributed by atoms with Crippen LogP contribution in [0.5, 0.6) is 5.75 Å². The number of hydrazine groups is 1. The van der Waals surface area contributed by atoms with Crippen LogP contribution in [0.4, 0.5) is 10.1 Å². The minimum absolute atomic E-state index is 0.0217. The Morgan fingerprint density at radius 1 is 1.11 bits per heavy atom. The number of carbonyl (C=O) groups excluding carboxylic acids is 4. The van der Waals surface area contributed by atoms with Gasteiger partial charge in [-0.2, -0.15) is 0 Å². The van der Waals surface area contributed by atoms with E-state index in [0.29, 0.717) is 5.75 Å². The predicted octanol–water partition coefficient (Wildman–Crippen LogP) is 3.61. The van der Waals surface area contributed by atoms with E-state index in [1.54, 1.807) is 19.1 Å². The highest BCUT2D eigenvalue weighted by atomic mass is 35.5. The number of ether oxygens (including phenoxy) is 1. The molecule has 10 heteroatoms. The maximum absolute atomic E-state index is 13.5. The van der Waals surface area contributed by atoms with E-state index < -0.39 is 42.1 Å². The molecule has 0 radical (unpaired) electrons. The van der Waals surface area contributed by atoms with Gasteiger partial charge in [-0.05, 0) is 41.1 Å². The second kappa shape index (κ2) is 10.1. The van der Waals surface area contributed by atoms with Crippen LogP contribution in [0.3, 0.4) is 0 Å². The van der Waals surface area contributed by atoms with Crippen molar-refractivity contribution in [2.24, 2.45) is 0 Å². The lowest BCUT2D eigenvalue weighted by Crippen LogP contribution is -2.55. The SMILES string of the molecule is CCC(=O)N(NC(=O)COc1ccc2ccccc2c1)C1CC(=O)N(c2ccc(F)c(Cl)c2)C1=O. The van der Waals surface area contributed by atoms with E-state index in [0.717, 1.165) is 32.8 Å². The fourth-order valence-electron chi connectivity index (χ4n) is 3.77. The zero-order chi connectivity index (χ0) is 25.1. The molecule has 3 aromatic carbocycles. The van der Waals surface area contributed by atoms with E-state index >= 15 is 0 Å². The van der Waals surface area contributed by atoms with Gasteiger partial charge < -0.3 is 4.74 Å². The summed E-state index contributed by atoms with van der Waals surface area (Å²) in [4.78, 5) is 51.6. The van der Waals surface area contributed by atoms with Crippen molar-refractivity contribution < 1.29 is 28.3 Å². The summed E-state index contributed by atoms with van der Waals surface area (Å²) in [5.41, 5.74) is 2.47. The van der Waals surface area contributed by atoms with Crippen molar-refractivity contribution in [2.45, 2.75) is 25.8 Å². The van der Waals surface area contributed by atoms with Crippen LogP contribution in [0.1, 0.15) is 19.8 Å². The topological polar surface area (TPSA) is 96.0 Å². The summed E-state index contributed by atoms with van der Waals surface area (Å²) in [7, 11) is 0. The lowest BCUT2D eigenvalue weighted by Gasteiger charge is -2.27. The Morgan fingerprint density at radius 3 is 2.57 bits per heavy atom. The maximum atomic E-state index is 13.5. The molecule has 3 aromatic rings. The maximum Gasteiger partial charge on any atom is 0.276 e. The number of carbonyl (C=O) groups is 4. The first-order chi connectivity index (χ1) is 16.8. The van der Waals surface area contributed by atoms with E-state index in [-0.39, 0.29) is 23.6 Å². The highest BCUT2D eigenvalue weighted by molar-refractivity contribution is 6.31. The van der Waals surface area contributed by atoms with Crippen LogP contribution >= 0.6 is 11.6 Å². The average Bonchev–Trinajstić information content (AvgIpc) is 3.15. The van der Waals surface area contributed by atoms with Crippen molar-refractivity contribution in [1.82, 2.24) is 10.4 Å². The molecule has 1 aliphatic heterocycles. The van der Waals surface area contributed by atoms with Crippen molar-refractivity contribution in [3.8, 4) is 5.75 Å². The van der Waals surface area contributed by atoms with Gasteiger partial charge in [-0.1, -0.05) is 48.9 Å². The smallest absolute Gasteiger partial charge is 0.276 e. The van der Waals surface area contributed by atoms with Gasteiger partial charge >= 0.3 is 0 Å². The van der Waals surface area contributed by atoms with Gasteiger partial charge in [0.05, 0.1) is 17.1 Å². The Morgan fingerprint density at radius 2 is 1.86 bits per heavy atom. The second-order valence-corrected chi connectivity index (χ2v) is 8.24. The first-order valence-corrected chi connectivity index (χ1v) is 11.2. The van der Waals surface area contributed by atoms with E-state index in [4.69, 9.17) is 16.3 Å². The highest BCUT2D eigenvalue weighted by Crippen LogP contribution is 2.29. The van der Waals surface area contributed by atoms with Gasteiger partial charge in [-0.25, -0.2) is 14.3 Å². The van der Waals surface area contributed by atoms with Gasteiger partial charge in [0.15, 0.2) is 6.61 Å². The summed E-state index contributed by atoms with van der Waals surface area (Å²) >= 11 is 5.79. The van der Waals surface area contributed by atoms with Gasteiger partial charge in [0, 0.05) is 6.42 Å². The third-order valence-electron chi connectivity index (χ3n) is 5.50. The Kier molecular flexibility index (Phi) is 6.97. The molecule has 0 aromatic heterocycles. The van der Waals surface area contributed by atoms with Crippen LogP contribution in [0, 0.1) is 5.82 Å². The van der Waals surface area contributed by atoms with Gasteiger partial charge in [-0.3, -0.25) is 24.6 Å². The fraction of sp³-hybridized carbons (Fsp3) is 0.200. The van der Waals surface area contributed by atoms with Crippen LogP contribution in [0.15, 0.2) is 60.7 Å². The summed E-state index contributed by atoms with van der Waals surface area (Å²) < 4.78 is 19.1. The number of benzene rings is 3. The Bertz CT molecular complexity index is 1330. The van der Waals surface area contributed by atoms with Crippen LogP contribution in [0.2, 0.25) is 5.02 Å². The number of amides is 4. The quantitative estimate of drug-likeness (QED) is 0.414. The zero-order valence-corrected chi connectivity index (χ0v) is 19.4. The van der Waals surface area contributed by atoms with Crippen molar-refractivity contribution in [2.75, 3.05) is 11.5 Å². The number of hydrogen-bond donors (Lipinski definition) is 1. The molecule has 4 rings (SSSR count). The zero-order valence-electron chi connectivity index (χ0n) is 18.7. The predicted molar refractivity (Wildman–Crippen MR) is 127 cm³/mol. The van der Waals surface area contributed by atoms with Crippen LogP contribution in [-0.2, 0) is 19.2 Å².